The van der Waals surface area contributed by atoms with E-state index in [2.05, 4.69) is 18.8 Å². The molecule has 2 saturated heterocycles. The Bertz CT molecular complexity index is 338. The number of aliphatic imine (C=N–C) groups is 1. The summed E-state index contributed by atoms with van der Waals surface area (Å²) in [6, 6.07) is -0.166. The fourth-order valence-electron chi connectivity index (χ4n) is 1.77. The van der Waals surface area contributed by atoms with Crippen LogP contribution < -0.4 is 0 Å². The number of rotatable bonds is 8. The number of urea groups is 1. The first-order chi connectivity index (χ1) is 9.61. The predicted molar refractivity (Wildman–Crippen MR) is 84.7 cm³/mol. The normalized spacial score (nSPS) is 27.4. The molecular weight excluding hydrogens is 296 g/mol. The highest BCUT2D eigenvalue weighted by molar-refractivity contribution is 8.00. The molecule has 5 nitrogen and oxygen atoms in total. The van der Waals surface area contributed by atoms with Gasteiger partial charge in [0, 0.05) is 17.7 Å². The third kappa shape index (κ3) is 5.27. The molecule has 0 bridgehead atoms. The largest absolute Gasteiger partial charge is 0.372 e. The van der Waals surface area contributed by atoms with E-state index in [0.717, 1.165) is 24.7 Å². The highest BCUT2D eigenvalue weighted by Gasteiger charge is 2.31. The first-order valence-corrected chi connectivity index (χ1v) is 8.99. The predicted octanol–water partition coefficient (Wildman–Crippen LogP) is 2.46. The van der Waals surface area contributed by atoms with Crippen LogP contribution in [-0.2, 0) is 9.47 Å². The number of nitrogens with zero attached hydrogens (tertiary/aromatic N) is 2. The van der Waals surface area contributed by atoms with Gasteiger partial charge in [0.25, 0.3) is 0 Å². The molecule has 2 heterocycles. The van der Waals surface area contributed by atoms with Crippen molar-refractivity contribution >= 4 is 35.8 Å². The van der Waals surface area contributed by atoms with Crippen LogP contribution in [0, 0.1) is 0 Å². The molecular formula is C13H22N2O3S2. The Balaban J connectivity index is 1.87. The van der Waals surface area contributed by atoms with E-state index in [4.69, 9.17) is 9.47 Å². The molecule has 114 valence electrons. The third-order valence-corrected chi connectivity index (χ3v) is 5.64. The molecule has 2 fully saturated rings. The van der Waals surface area contributed by atoms with Gasteiger partial charge in [-0.15, -0.1) is 23.5 Å². The fourth-order valence-corrected chi connectivity index (χ4v) is 4.08. The average Bonchev–Trinajstić information content (AvgIpc) is 3.28. The Morgan fingerprint density at radius 3 is 2.05 bits per heavy atom. The van der Waals surface area contributed by atoms with E-state index in [1.807, 2.05) is 4.90 Å². The van der Waals surface area contributed by atoms with Crippen molar-refractivity contribution in [1.82, 2.24) is 4.90 Å². The smallest absolute Gasteiger partial charge is 0.344 e. The van der Waals surface area contributed by atoms with Crippen molar-refractivity contribution in [3.05, 3.63) is 0 Å². The lowest BCUT2D eigenvalue weighted by atomic mass is 10.5. The Kier molecular flexibility index (Phi) is 6.20. The Hall–Kier alpha value is -0.240. The fraction of sp³-hybridized carbons (Fsp3) is 0.846. The standard InChI is InChI=1S/C13H22N2O3S2/c1-4-14-13(16)15(9(2)19-7-11-5-17-11)10(3)20-8-12-6-18-12/h4,9-12H,5-8H2,1-3H3/b14-4+. The lowest BCUT2D eigenvalue weighted by molar-refractivity contribution is 0.204. The van der Waals surface area contributed by atoms with E-state index in [1.54, 1.807) is 36.7 Å². The molecule has 0 aliphatic carbocycles. The molecule has 2 aliphatic rings. The zero-order valence-electron chi connectivity index (χ0n) is 12.2. The van der Waals surface area contributed by atoms with Crippen molar-refractivity contribution in [1.29, 1.82) is 0 Å². The second-order valence-corrected chi connectivity index (χ2v) is 7.55. The van der Waals surface area contributed by atoms with Gasteiger partial charge in [-0.25, -0.2) is 9.79 Å². The Morgan fingerprint density at radius 1 is 1.25 bits per heavy atom. The summed E-state index contributed by atoms with van der Waals surface area (Å²) in [6.07, 6.45) is 2.30. The van der Waals surface area contributed by atoms with Crippen LogP contribution in [0.15, 0.2) is 4.99 Å². The molecule has 0 aromatic rings. The minimum Gasteiger partial charge on any atom is -0.372 e. The summed E-state index contributed by atoms with van der Waals surface area (Å²) < 4.78 is 10.4. The first-order valence-electron chi connectivity index (χ1n) is 6.89. The maximum Gasteiger partial charge on any atom is 0.344 e. The van der Waals surface area contributed by atoms with E-state index in [0.29, 0.717) is 12.2 Å². The number of carbonyl (C=O) groups excluding carboxylic acids is 1. The maximum atomic E-state index is 12.2. The molecule has 0 N–H and O–H groups in total. The van der Waals surface area contributed by atoms with Crippen molar-refractivity contribution in [2.45, 2.75) is 43.7 Å². The maximum absolute atomic E-state index is 12.2. The van der Waals surface area contributed by atoms with Gasteiger partial charge in [-0.05, 0) is 20.8 Å². The van der Waals surface area contributed by atoms with Crippen LogP contribution >= 0.6 is 23.5 Å². The minimum absolute atomic E-state index is 0.0954. The quantitative estimate of drug-likeness (QED) is 0.391. The van der Waals surface area contributed by atoms with Gasteiger partial charge in [0.15, 0.2) is 0 Å². The molecule has 0 spiro atoms. The molecule has 7 heteroatoms. The Morgan fingerprint density at radius 2 is 1.70 bits per heavy atom. The van der Waals surface area contributed by atoms with Gasteiger partial charge in [-0.1, -0.05) is 0 Å². The molecule has 2 aliphatic heterocycles. The average molecular weight is 318 g/mol. The molecule has 0 radical (unpaired) electrons. The van der Waals surface area contributed by atoms with Crippen molar-refractivity contribution in [2.24, 2.45) is 4.99 Å². The summed E-state index contributed by atoms with van der Waals surface area (Å²) in [5.41, 5.74) is 0. The van der Waals surface area contributed by atoms with Crippen molar-refractivity contribution in [2.75, 3.05) is 24.7 Å². The van der Waals surface area contributed by atoms with Gasteiger partial charge in [0.1, 0.15) is 0 Å². The van der Waals surface area contributed by atoms with Crippen LogP contribution in [0.3, 0.4) is 0 Å². The molecule has 0 aromatic heterocycles. The van der Waals surface area contributed by atoms with Crippen molar-refractivity contribution in [3.8, 4) is 0 Å². The number of hydrogen-bond donors (Lipinski definition) is 0. The lowest BCUT2D eigenvalue weighted by Crippen LogP contribution is -2.41. The van der Waals surface area contributed by atoms with Crippen molar-refractivity contribution in [3.63, 3.8) is 0 Å². The van der Waals surface area contributed by atoms with E-state index in [-0.39, 0.29) is 16.8 Å². The van der Waals surface area contributed by atoms with E-state index >= 15 is 0 Å². The minimum atomic E-state index is -0.166. The third-order valence-electron chi connectivity index (χ3n) is 3.10. The van der Waals surface area contributed by atoms with Gasteiger partial charge >= 0.3 is 6.03 Å². The van der Waals surface area contributed by atoms with Crippen LogP contribution in [0.25, 0.3) is 0 Å². The van der Waals surface area contributed by atoms with Crippen molar-refractivity contribution < 1.29 is 14.3 Å². The molecule has 20 heavy (non-hydrogen) atoms. The summed E-state index contributed by atoms with van der Waals surface area (Å²) in [4.78, 5) is 18.0. The van der Waals surface area contributed by atoms with Crippen LogP contribution in [0.2, 0.25) is 0 Å². The number of amides is 2. The van der Waals surface area contributed by atoms with Gasteiger partial charge in [-0.2, -0.15) is 0 Å². The van der Waals surface area contributed by atoms with E-state index < -0.39 is 0 Å². The van der Waals surface area contributed by atoms with Gasteiger partial charge in [-0.3, -0.25) is 4.90 Å². The number of hydrogen-bond acceptors (Lipinski definition) is 5. The molecule has 2 amide bonds. The van der Waals surface area contributed by atoms with Crippen LogP contribution in [0.1, 0.15) is 20.8 Å². The summed E-state index contributed by atoms with van der Waals surface area (Å²) in [6.45, 7) is 7.58. The van der Waals surface area contributed by atoms with E-state index in [9.17, 15) is 4.79 Å². The number of carbonyl (C=O) groups is 1. The van der Waals surface area contributed by atoms with E-state index in [1.165, 1.54) is 0 Å². The van der Waals surface area contributed by atoms with Gasteiger partial charge in [0.05, 0.1) is 36.2 Å². The highest BCUT2D eigenvalue weighted by Crippen LogP contribution is 2.29. The second-order valence-electron chi connectivity index (χ2n) is 4.85. The SMILES string of the molecule is C/C=N/C(=O)N(C(C)SCC1CO1)C(C)SCC1CO1. The Labute approximate surface area is 128 Å². The second kappa shape index (κ2) is 7.68. The first kappa shape index (κ1) is 16.1. The van der Waals surface area contributed by atoms with Gasteiger partial charge in [0.2, 0.25) is 0 Å². The van der Waals surface area contributed by atoms with Crippen LogP contribution in [0.4, 0.5) is 4.79 Å². The molecule has 0 aromatic carbocycles. The molecule has 2 rings (SSSR count). The summed E-state index contributed by atoms with van der Waals surface area (Å²) in [7, 11) is 0. The lowest BCUT2D eigenvalue weighted by Gasteiger charge is -2.32. The van der Waals surface area contributed by atoms with Crippen LogP contribution in [0.5, 0.6) is 0 Å². The topological polar surface area (TPSA) is 57.7 Å². The number of ether oxygens (including phenoxy) is 2. The molecule has 0 saturated carbocycles. The molecule has 4 unspecified atom stereocenters. The monoisotopic (exact) mass is 318 g/mol. The zero-order valence-corrected chi connectivity index (χ0v) is 13.8. The zero-order chi connectivity index (χ0) is 14.5. The number of thioether (sulfide) groups is 2. The van der Waals surface area contributed by atoms with Gasteiger partial charge < -0.3 is 9.47 Å². The summed E-state index contributed by atoms with van der Waals surface area (Å²) in [5.74, 6) is 1.87. The highest BCUT2D eigenvalue weighted by atomic mass is 32.2. The van der Waals surface area contributed by atoms with Crippen LogP contribution in [-0.4, -0.2) is 64.8 Å². The summed E-state index contributed by atoms with van der Waals surface area (Å²) in [5, 5.41) is 0.191. The summed E-state index contributed by atoms with van der Waals surface area (Å²) >= 11 is 3.50. The number of epoxide rings is 2. The molecule has 4 atom stereocenters.